The van der Waals surface area contributed by atoms with E-state index in [1.807, 2.05) is 0 Å². The SMILES string of the molecule is NCC(c1ccccc1F)C(O)c1ccc(Cl)c(Cl)c1. The van der Waals surface area contributed by atoms with Crippen molar-refractivity contribution in [3.05, 3.63) is 69.5 Å². The Morgan fingerprint density at radius 3 is 2.40 bits per heavy atom. The first-order chi connectivity index (χ1) is 9.54. The first-order valence-electron chi connectivity index (χ1n) is 6.12. The van der Waals surface area contributed by atoms with Crippen LogP contribution in [0.4, 0.5) is 4.39 Å². The molecular weight excluding hydrogens is 300 g/mol. The van der Waals surface area contributed by atoms with Crippen LogP contribution in [0.2, 0.25) is 10.0 Å². The number of hydrogen-bond donors (Lipinski definition) is 2. The molecule has 5 heteroatoms. The summed E-state index contributed by atoms with van der Waals surface area (Å²) in [6.45, 7) is 0.113. The number of aliphatic hydroxyl groups is 1. The molecule has 2 atom stereocenters. The van der Waals surface area contributed by atoms with E-state index in [-0.39, 0.29) is 12.4 Å². The Morgan fingerprint density at radius 1 is 1.10 bits per heavy atom. The van der Waals surface area contributed by atoms with Gasteiger partial charge >= 0.3 is 0 Å². The number of rotatable bonds is 4. The topological polar surface area (TPSA) is 46.2 Å². The predicted octanol–water partition coefficient (Wildman–Crippen LogP) is 3.91. The Kier molecular flexibility index (Phi) is 5.00. The van der Waals surface area contributed by atoms with E-state index in [0.29, 0.717) is 21.2 Å². The van der Waals surface area contributed by atoms with Crippen LogP contribution in [0.5, 0.6) is 0 Å². The van der Waals surface area contributed by atoms with Crippen LogP contribution in [-0.4, -0.2) is 11.7 Å². The van der Waals surface area contributed by atoms with E-state index >= 15 is 0 Å². The number of aliphatic hydroxyl groups excluding tert-OH is 1. The average molecular weight is 314 g/mol. The summed E-state index contributed by atoms with van der Waals surface area (Å²) >= 11 is 11.8. The fraction of sp³-hybridized carbons (Fsp3) is 0.200. The maximum absolute atomic E-state index is 13.8. The normalized spacial score (nSPS) is 14.1. The third-order valence-electron chi connectivity index (χ3n) is 3.22. The van der Waals surface area contributed by atoms with E-state index in [1.54, 1.807) is 36.4 Å². The number of nitrogens with two attached hydrogens (primary N) is 1. The minimum atomic E-state index is -0.952. The van der Waals surface area contributed by atoms with Gasteiger partial charge in [0.25, 0.3) is 0 Å². The Labute approximate surface area is 126 Å². The van der Waals surface area contributed by atoms with Gasteiger partial charge in [0, 0.05) is 12.5 Å². The molecule has 0 saturated heterocycles. The monoisotopic (exact) mass is 313 g/mol. The molecule has 0 aromatic heterocycles. The molecule has 2 nitrogen and oxygen atoms in total. The second-order valence-corrected chi connectivity index (χ2v) is 5.30. The molecule has 2 aromatic rings. The molecular formula is C15H14Cl2FNO. The largest absolute Gasteiger partial charge is 0.388 e. The summed E-state index contributed by atoms with van der Waals surface area (Å²) in [4.78, 5) is 0. The minimum absolute atomic E-state index is 0.113. The second kappa shape index (κ2) is 6.55. The Bertz CT molecular complexity index is 606. The lowest BCUT2D eigenvalue weighted by Gasteiger charge is -2.23. The van der Waals surface area contributed by atoms with Gasteiger partial charge in [0.05, 0.1) is 16.1 Å². The molecule has 0 aliphatic carbocycles. The van der Waals surface area contributed by atoms with Crippen LogP contribution in [0, 0.1) is 5.82 Å². The molecule has 2 unspecified atom stereocenters. The van der Waals surface area contributed by atoms with Gasteiger partial charge in [-0.1, -0.05) is 47.5 Å². The molecule has 0 saturated carbocycles. The summed E-state index contributed by atoms with van der Waals surface area (Å²) in [5.74, 6) is -0.935. The van der Waals surface area contributed by atoms with Crippen molar-refractivity contribution >= 4 is 23.2 Å². The van der Waals surface area contributed by atoms with Gasteiger partial charge in [0.2, 0.25) is 0 Å². The highest BCUT2D eigenvalue weighted by Crippen LogP contribution is 2.34. The van der Waals surface area contributed by atoms with Gasteiger partial charge < -0.3 is 10.8 Å². The van der Waals surface area contributed by atoms with E-state index in [1.165, 1.54) is 6.07 Å². The van der Waals surface area contributed by atoms with Crippen molar-refractivity contribution in [2.45, 2.75) is 12.0 Å². The molecule has 0 fully saturated rings. The van der Waals surface area contributed by atoms with Crippen LogP contribution < -0.4 is 5.73 Å². The number of halogens is 3. The summed E-state index contributed by atoms with van der Waals surface area (Å²) < 4.78 is 13.8. The summed E-state index contributed by atoms with van der Waals surface area (Å²) in [5, 5.41) is 11.2. The molecule has 2 aromatic carbocycles. The van der Waals surface area contributed by atoms with Crippen LogP contribution >= 0.6 is 23.2 Å². The first-order valence-corrected chi connectivity index (χ1v) is 6.87. The lowest BCUT2D eigenvalue weighted by atomic mass is 9.89. The van der Waals surface area contributed by atoms with Crippen molar-refractivity contribution in [3.8, 4) is 0 Å². The van der Waals surface area contributed by atoms with Gasteiger partial charge in [-0.2, -0.15) is 0 Å². The molecule has 3 N–H and O–H groups in total. The van der Waals surface area contributed by atoms with Gasteiger partial charge in [-0.15, -0.1) is 0 Å². The fourth-order valence-electron chi connectivity index (χ4n) is 2.13. The van der Waals surface area contributed by atoms with E-state index < -0.39 is 12.0 Å². The smallest absolute Gasteiger partial charge is 0.126 e. The highest BCUT2D eigenvalue weighted by Gasteiger charge is 2.24. The highest BCUT2D eigenvalue weighted by molar-refractivity contribution is 6.42. The maximum atomic E-state index is 13.8. The number of benzene rings is 2. The molecule has 2 rings (SSSR count). The third-order valence-corrected chi connectivity index (χ3v) is 3.96. The molecule has 0 amide bonds. The summed E-state index contributed by atoms with van der Waals surface area (Å²) in [6.07, 6.45) is -0.952. The molecule has 0 aliphatic rings. The van der Waals surface area contributed by atoms with Gasteiger partial charge in [-0.25, -0.2) is 4.39 Å². The minimum Gasteiger partial charge on any atom is -0.388 e. The zero-order valence-electron chi connectivity index (χ0n) is 10.6. The van der Waals surface area contributed by atoms with E-state index in [0.717, 1.165) is 0 Å². The van der Waals surface area contributed by atoms with Crippen molar-refractivity contribution < 1.29 is 9.50 Å². The van der Waals surface area contributed by atoms with Crippen LogP contribution in [0.3, 0.4) is 0 Å². The summed E-state index contributed by atoms with van der Waals surface area (Å²) in [7, 11) is 0. The lowest BCUT2D eigenvalue weighted by Crippen LogP contribution is -2.21. The zero-order chi connectivity index (χ0) is 14.7. The zero-order valence-corrected chi connectivity index (χ0v) is 12.1. The van der Waals surface area contributed by atoms with Crippen molar-refractivity contribution in [3.63, 3.8) is 0 Å². The first kappa shape index (κ1) is 15.3. The number of hydrogen-bond acceptors (Lipinski definition) is 2. The molecule has 0 aliphatic heterocycles. The van der Waals surface area contributed by atoms with Crippen LogP contribution in [0.15, 0.2) is 42.5 Å². The molecule has 20 heavy (non-hydrogen) atoms. The van der Waals surface area contributed by atoms with Crippen molar-refractivity contribution in [2.24, 2.45) is 5.73 Å². The van der Waals surface area contributed by atoms with E-state index in [9.17, 15) is 9.50 Å². The standard InChI is InChI=1S/C15H14Cl2FNO/c16-12-6-5-9(7-13(12)17)15(20)11(8-19)10-3-1-2-4-14(10)18/h1-7,11,15,20H,8,19H2. The summed E-state index contributed by atoms with van der Waals surface area (Å²) in [5.41, 5.74) is 6.63. The molecule has 0 radical (unpaired) electrons. The van der Waals surface area contributed by atoms with Crippen molar-refractivity contribution in [2.75, 3.05) is 6.54 Å². The predicted molar refractivity (Wildman–Crippen MR) is 79.6 cm³/mol. The Morgan fingerprint density at radius 2 is 1.80 bits per heavy atom. The van der Waals surface area contributed by atoms with Crippen LogP contribution in [-0.2, 0) is 0 Å². The average Bonchev–Trinajstić information content (AvgIpc) is 2.44. The summed E-state index contributed by atoms with van der Waals surface area (Å²) in [6, 6.07) is 11.1. The van der Waals surface area contributed by atoms with Gasteiger partial charge in [-0.3, -0.25) is 0 Å². The van der Waals surface area contributed by atoms with Gasteiger partial charge in [0.15, 0.2) is 0 Å². The van der Waals surface area contributed by atoms with E-state index in [4.69, 9.17) is 28.9 Å². The van der Waals surface area contributed by atoms with Gasteiger partial charge in [0.1, 0.15) is 5.82 Å². The lowest BCUT2D eigenvalue weighted by molar-refractivity contribution is 0.145. The molecule has 0 bridgehead atoms. The van der Waals surface area contributed by atoms with Crippen LogP contribution in [0.25, 0.3) is 0 Å². The third kappa shape index (κ3) is 3.13. The molecule has 0 heterocycles. The maximum Gasteiger partial charge on any atom is 0.126 e. The van der Waals surface area contributed by atoms with Crippen LogP contribution in [0.1, 0.15) is 23.1 Å². The van der Waals surface area contributed by atoms with Gasteiger partial charge in [-0.05, 0) is 29.3 Å². The second-order valence-electron chi connectivity index (χ2n) is 4.48. The molecule has 0 spiro atoms. The molecule has 106 valence electrons. The quantitative estimate of drug-likeness (QED) is 0.899. The van der Waals surface area contributed by atoms with Crippen molar-refractivity contribution in [1.29, 1.82) is 0 Å². The van der Waals surface area contributed by atoms with Crippen molar-refractivity contribution in [1.82, 2.24) is 0 Å². The highest BCUT2D eigenvalue weighted by atomic mass is 35.5. The van der Waals surface area contributed by atoms with E-state index in [2.05, 4.69) is 0 Å². The Hall–Kier alpha value is -1.13. The Balaban J connectivity index is 2.36. The fourth-order valence-corrected chi connectivity index (χ4v) is 2.44.